The van der Waals surface area contributed by atoms with Crippen LogP contribution in [-0.4, -0.2) is 37.3 Å². The Morgan fingerprint density at radius 3 is 2.23 bits per heavy atom. The van der Waals surface area contributed by atoms with E-state index in [1.54, 1.807) is 18.2 Å². The molecule has 0 amide bonds. The van der Waals surface area contributed by atoms with Gasteiger partial charge in [0.25, 0.3) is 0 Å². The fourth-order valence-corrected chi connectivity index (χ4v) is 2.50. The standard InChI is InChI=1S/C19H18N2O5/c1-23-16-8-12(9-17(24-2)18(16)25-3)11-26-19(22)15-10-20-13-6-4-5-7-14(13)21-15/h4-10H,11H2,1-3H3. The first kappa shape index (κ1) is 17.5. The van der Waals surface area contributed by atoms with Gasteiger partial charge in [0, 0.05) is 0 Å². The molecule has 0 saturated carbocycles. The van der Waals surface area contributed by atoms with Crippen molar-refractivity contribution in [1.82, 2.24) is 9.97 Å². The number of fused-ring (bicyclic) bond motifs is 1. The molecule has 0 N–H and O–H groups in total. The minimum Gasteiger partial charge on any atom is -0.493 e. The van der Waals surface area contributed by atoms with E-state index in [-0.39, 0.29) is 12.3 Å². The summed E-state index contributed by atoms with van der Waals surface area (Å²) in [6, 6.07) is 10.8. The van der Waals surface area contributed by atoms with Crippen molar-refractivity contribution in [2.75, 3.05) is 21.3 Å². The third-order valence-corrected chi connectivity index (χ3v) is 3.75. The number of carbonyl (C=O) groups excluding carboxylic acids is 1. The van der Waals surface area contributed by atoms with Crippen LogP contribution in [0.5, 0.6) is 17.2 Å². The van der Waals surface area contributed by atoms with E-state index in [1.165, 1.54) is 27.5 Å². The molecule has 0 bridgehead atoms. The third kappa shape index (κ3) is 3.51. The summed E-state index contributed by atoms with van der Waals surface area (Å²) in [5.41, 5.74) is 2.20. The van der Waals surface area contributed by atoms with Gasteiger partial charge in [0.15, 0.2) is 17.2 Å². The molecule has 134 valence electrons. The number of rotatable bonds is 6. The zero-order valence-corrected chi connectivity index (χ0v) is 14.7. The number of methoxy groups -OCH3 is 3. The maximum absolute atomic E-state index is 12.3. The second kappa shape index (κ2) is 7.69. The minimum absolute atomic E-state index is 0.0318. The predicted octanol–water partition coefficient (Wildman–Crippen LogP) is 3.01. The van der Waals surface area contributed by atoms with Gasteiger partial charge in [-0.15, -0.1) is 0 Å². The van der Waals surface area contributed by atoms with Gasteiger partial charge in [-0.1, -0.05) is 12.1 Å². The van der Waals surface area contributed by atoms with E-state index in [0.717, 1.165) is 0 Å². The fourth-order valence-electron chi connectivity index (χ4n) is 2.50. The van der Waals surface area contributed by atoms with E-state index in [9.17, 15) is 4.79 Å². The highest BCUT2D eigenvalue weighted by Crippen LogP contribution is 2.38. The molecule has 7 heteroatoms. The molecule has 3 aromatic rings. The van der Waals surface area contributed by atoms with Crippen LogP contribution in [0.3, 0.4) is 0 Å². The van der Waals surface area contributed by atoms with E-state index in [4.69, 9.17) is 18.9 Å². The maximum atomic E-state index is 12.3. The Hall–Kier alpha value is -3.35. The summed E-state index contributed by atoms with van der Waals surface area (Å²) in [7, 11) is 4.58. The van der Waals surface area contributed by atoms with Gasteiger partial charge in [0.05, 0.1) is 38.6 Å². The van der Waals surface area contributed by atoms with Crippen molar-refractivity contribution >= 4 is 17.0 Å². The van der Waals surface area contributed by atoms with E-state index in [1.807, 2.05) is 18.2 Å². The fraction of sp³-hybridized carbons (Fsp3) is 0.211. The first-order valence-corrected chi connectivity index (χ1v) is 7.84. The highest BCUT2D eigenvalue weighted by atomic mass is 16.5. The normalized spacial score (nSPS) is 10.4. The molecule has 0 aliphatic heterocycles. The molecule has 0 aliphatic carbocycles. The third-order valence-electron chi connectivity index (χ3n) is 3.75. The monoisotopic (exact) mass is 354 g/mol. The number of carbonyl (C=O) groups is 1. The van der Waals surface area contributed by atoms with E-state index in [0.29, 0.717) is 33.8 Å². The highest BCUT2D eigenvalue weighted by Gasteiger charge is 2.15. The minimum atomic E-state index is -0.558. The molecule has 26 heavy (non-hydrogen) atoms. The molecule has 3 rings (SSSR count). The largest absolute Gasteiger partial charge is 0.493 e. The Kier molecular flexibility index (Phi) is 5.17. The molecule has 1 aromatic heterocycles. The van der Waals surface area contributed by atoms with Gasteiger partial charge < -0.3 is 18.9 Å². The Morgan fingerprint density at radius 2 is 1.62 bits per heavy atom. The first-order valence-electron chi connectivity index (χ1n) is 7.84. The molecule has 7 nitrogen and oxygen atoms in total. The van der Waals surface area contributed by atoms with Crippen LogP contribution in [0.25, 0.3) is 11.0 Å². The van der Waals surface area contributed by atoms with Gasteiger partial charge in [0.1, 0.15) is 6.61 Å². The van der Waals surface area contributed by atoms with Crippen LogP contribution < -0.4 is 14.2 Å². The number of hydrogen-bond donors (Lipinski definition) is 0. The Balaban J connectivity index is 1.78. The lowest BCUT2D eigenvalue weighted by molar-refractivity contribution is 0.0465. The average Bonchev–Trinajstić information content (AvgIpc) is 2.70. The van der Waals surface area contributed by atoms with Crippen LogP contribution in [0.15, 0.2) is 42.6 Å². The molecule has 0 atom stereocenters. The summed E-state index contributed by atoms with van der Waals surface area (Å²) in [4.78, 5) is 20.8. The number of ether oxygens (including phenoxy) is 4. The lowest BCUT2D eigenvalue weighted by Gasteiger charge is -2.14. The second-order valence-electron chi connectivity index (χ2n) is 5.35. The van der Waals surface area contributed by atoms with Crippen LogP contribution in [0.1, 0.15) is 16.1 Å². The summed E-state index contributed by atoms with van der Waals surface area (Å²) in [6.07, 6.45) is 1.40. The van der Waals surface area contributed by atoms with E-state index in [2.05, 4.69) is 9.97 Å². The number of para-hydroxylation sites is 2. The summed E-state index contributed by atoms with van der Waals surface area (Å²) in [5.74, 6) is 0.897. The van der Waals surface area contributed by atoms with Crippen LogP contribution in [-0.2, 0) is 11.3 Å². The molecule has 0 saturated heterocycles. The maximum Gasteiger partial charge on any atom is 0.358 e. The molecule has 2 aromatic carbocycles. The zero-order chi connectivity index (χ0) is 18.5. The molecular weight excluding hydrogens is 336 g/mol. The topological polar surface area (TPSA) is 79.8 Å². The Morgan fingerprint density at radius 1 is 0.962 bits per heavy atom. The molecular formula is C19H18N2O5. The summed E-state index contributed by atoms with van der Waals surface area (Å²) in [5, 5.41) is 0. The predicted molar refractivity (Wildman–Crippen MR) is 94.8 cm³/mol. The van der Waals surface area contributed by atoms with Crippen LogP contribution in [0.2, 0.25) is 0 Å². The number of benzene rings is 2. The van der Waals surface area contributed by atoms with Crippen LogP contribution >= 0.6 is 0 Å². The van der Waals surface area contributed by atoms with Crippen LogP contribution in [0.4, 0.5) is 0 Å². The number of nitrogens with zero attached hydrogens (tertiary/aromatic N) is 2. The van der Waals surface area contributed by atoms with Gasteiger partial charge in [-0.3, -0.25) is 4.98 Å². The molecule has 0 spiro atoms. The van der Waals surface area contributed by atoms with Crippen molar-refractivity contribution < 1.29 is 23.7 Å². The summed E-state index contributed by atoms with van der Waals surface area (Å²) in [6.45, 7) is 0.0318. The SMILES string of the molecule is COc1cc(COC(=O)c2cnc3ccccc3n2)cc(OC)c1OC. The van der Waals surface area contributed by atoms with Gasteiger partial charge in [0.2, 0.25) is 5.75 Å². The van der Waals surface area contributed by atoms with Crippen LogP contribution in [0, 0.1) is 0 Å². The zero-order valence-electron chi connectivity index (χ0n) is 14.7. The molecule has 1 heterocycles. The van der Waals surface area contributed by atoms with Gasteiger partial charge >= 0.3 is 5.97 Å². The number of aromatic nitrogens is 2. The molecule has 0 unspecified atom stereocenters. The molecule has 0 radical (unpaired) electrons. The second-order valence-corrected chi connectivity index (χ2v) is 5.35. The van der Waals surface area contributed by atoms with Crippen molar-refractivity contribution in [2.24, 2.45) is 0 Å². The number of esters is 1. The van der Waals surface area contributed by atoms with Crippen molar-refractivity contribution in [1.29, 1.82) is 0 Å². The van der Waals surface area contributed by atoms with Gasteiger partial charge in [-0.05, 0) is 29.8 Å². The first-order chi connectivity index (χ1) is 12.7. The highest BCUT2D eigenvalue weighted by molar-refractivity contribution is 5.89. The summed E-state index contributed by atoms with van der Waals surface area (Å²) < 4.78 is 21.2. The number of hydrogen-bond acceptors (Lipinski definition) is 7. The van der Waals surface area contributed by atoms with Crippen molar-refractivity contribution in [3.63, 3.8) is 0 Å². The van der Waals surface area contributed by atoms with Crippen molar-refractivity contribution in [2.45, 2.75) is 6.61 Å². The van der Waals surface area contributed by atoms with Gasteiger partial charge in [-0.25, -0.2) is 9.78 Å². The molecule has 0 aliphatic rings. The van der Waals surface area contributed by atoms with E-state index >= 15 is 0 Å². The Bertz CT molecular complexity index is 917. The molecule has 0 fully saturated rings. The lowest BCUT2D eigenvalue weighted by atomic mass is 10.2. The quantitative estimate of drug-likeness (QED) is 0.630. The van der Waals surface area contributed by atoms with E-state index < -0.39 is 5.97 Å². The summed E-state index contributed by atoms with van der Waals surface area (Å²) >= 11 is 0. The average molecular weight is 354 g/mol. The Labute approximate surface area is 150 Å². The van der Waals surface area contributed by atoms with Gasteiger partial charge in [-0.2, -0.15) is 0 Å². The van der Waals surface area contributed by atoms with Crippen molar-refractivity contribution in [3.05, 3.63) is 53.9 Å². The lowest BCUT2D eigenvalue weighted by Crippen LogP contribution is -2.08. The smallest absolute Gasteiger partial charge is 0.358 e. The van der Waals surface area contributed by atoms with Crippen molar-refractivity contribution in [3.8, 4) is 17.2 Å².